The molecular formula is C41H32O11. The number of benzene rings is 5. The van der Waals surface area contributed by atoms with Gasteiger partial charge in [-0.2, -0.15) is 0 Å². The molecule has 1 saturated heterocycles. The van der Waals surface area contributed by atoms with Crippen molar-refractivity contribution in [2.24, 2.45) is 0 Å². The molecule has 1 unspecified atom stereocenters. The van der Waals surface area contributed by atoms with E-state index in [1.165, 1.54) is 48.5 Å². The summed E-state index contributed by atoms with van der Waals surface area (Å²) in [6.07, 6.45) is -8.07. The fourth-order valence-electron chi connectivity index (χ4n) is 5.37. The number of rotatable bonds is 11. The van der Waals surface area contributed by atoms with E-state index in [0.29, 0.717) is 0 Å². The number of ether oxygens (including phenoxy) is 6. The van der Waals surface area contributed by atoms with Crippen LogP contribution in [0.3, 0.4) is 0 Å². The van der Waals surface area contributed by atoms with Gasteiger partial charge in [-0.15, -0.1) is 0 Å². The molecule has 1 heterocycles. The first-order valence-corrected chi connectivity index (χ1v) is 16.3. The fraction of sp³-hybridized carbons (Fsp3) is 0.146. The van der Waals surface area contributed by atoms with Gasteiger partial charge >= 0.3 is 29.8 Å². The lowest BCUT2D eigenvalue weighted by Crippen LogP contribution is -2.63. The lowest BCUT2D eigenvalue weighted by Gasteiger charge is -2.43. The zero-order valence-corrected chi connectivity index (χ0v) is 27.5. The van der Waals surface area contributed by atoms with Crippen LogP contribution < -0.4 is 0 Å². The highest BCUT2D eigenvalue weighted by atomic mass is 16.7. The third-order valence-corrected chi connectivity index (χ3v) is 7.97. The molecule has 5 aromatic rings. The van der Waals surface area contributed by atoms with Gasteiger partial charge in [-0.3, -0.25) is 0 Å². The number of hydrogen-bond donors (Lipinski definition) is 0. The van der Waals surface area contributed by atoms with E-state index in [1.54, 1.807) is 103 Å². The fourth-order valence-corrected chi connectivity index (χ4v) is 5.37. The minimum Gasteiger partial charge on any atom is -0.459 e. The van der Waals surface area contributed by atoms with Crippen molar-refractivity contribution >= 4 is 29.8 Å². The Hall–Kier alpha value is -6.59. The molecule has 0 saturated carbocycles. The Kier molecular flexibility index (Phi) is 11.4. The van der Waals surface area contributed by atoms with Crippen LogP contribution in [0.5, 0.6) is 0 Å². The first-order chi connectivity index (χ1) is 25.4. The Bertz CT molecular complexity index is 1970. The van der Waals surface area contributed by atoms with Crippen LogP contribution in [0, 0.1) is 0 Å². The smallest absolute Gasteiger partial charge is 0.340 e. The third kappa shape index (κ3) is 8.76. The lowest BCUT2D eigenvalue weighted by atomic mass is 9.97. The van der Waals surface area contributed by atoms with Crippen molar-refractivity contribution < 1.29 is 52.4 Å². The average molecular weight is 701 g/mol. The first-order valence-electron chi connectivity index (χ1n) is 16.3. The van der Waals surface area contributed by atoms with Gasteiger partial charge in [-0.1, -0.05) is 91.0 Å². The Morgan fingerprint density at radius 3 is 1.08 bits per heavy atom. The van der Waals surface area contributed by atoms with Crippen LogP contribution in [-0.2, 0) is 28.4 Å². The van der Waals surface area contributed by atoms with Crippen molar-refractivity contribution in [2.75, 3.05) is 6.61 Å². The SMILES string of the molecule is O=C(OC[C@H]1OC(OC(=O)c2ccccc2)[C@H](OC(=O)c2ccccc2)[C@@H](OC(=O)c2ccccc2)[C@@H]1OC(=O)c1ccccc1)c1ccccc1. The Morgan fingerprint density at radius 2 is 0.692 bits per heavy atom. The van der Waals surface area contributed by atoms with E-state index >= 15 is 0 Å². The molecule has 0 radical (unpaired) electrons. The lowest BCUT2D eigenvalue weighted by molar-refractivity contribution is -0.282. The van der Waals surface area contributed by atoms with Gasteiger partial charge in [-0.25, -0.2) is 24.0 Å². The Morgan fingerprint density at radius 1 is 0.385 bits per heavy atom. The summed E-state index contributed by atoms with van der Waals surface area (Å²) >= 11 is 0. The van der Waals surface area contributed by atoms with Gasteiger partial charge in [0.25, 0.3) is 0 Å². The molecular weight excluding hydrogens is 668 g/mol. The highest BCUT2D eigenvalue weighted by Crippen LogP contribution is 2.32. The minimum absolute atomic E-state index is 0.125. The predicted molar refractivity (Wildman–Crippen MR) is 184 cm³/mol. The maximum absolute atomic E-state index is 13.7. The number of carbonyl (C=O) groups is 5. The van der Waals surface area contributed by atoms with Gasteiger partial charge < -0.3 is 28.4 Å². The molecule has 0 aromatic heterocycles. The average Bonchev–Trinajstić information content (AvgIpc) is 3.20. The van der Waals surface area contributed by atoms with E-state index in [4.69, 9.17) is 28.4 Å². The molecule has 5 aromatic carbocycles. The highest BCUT2D eigenvalue weighted by molar-refractivity contribution is 5.92. The molecule has 52 heavy (non-hydrogen) atoms. The van der Waals surface area contributed by atoms with Crippen LogP contribution in [0.1, 0.15) is 51.8 Å². The van der Waals surface area contributed by atoms with Gasteiger partial charge in [0.2, 0.25) is 12.4 Å². The van der Waals surface area contributed by atoms with Gasteiger partial charge in [0.15, 0.2) is 12.2 Å². The molecule has 11 heteroatoms. The van der Waals surface area contributed by atoms with Crippen molar-refractivity contribution in [3.63, 3.8) is 0 Å². The predicted octanol–water partition coefficient (Wildman–Crippen LogP) is 6.10. The second-order valence-corrected chi connectivity index (χ2v) is 11.5. The zero-order valence-electron chi connectivity index (χ0n) is 27.5. The maximum atomic E-state index is 13.7. The molecule has 1 aliphatic heterocycles. The Balaban J connectivity index is 1.41. The van der Waals surface area contributed by atoms with E-state index < -0.39 is 67.2 Å². The van der Waals surface area contributed by atoms with Crippen molar-refractivity contribution in [3.8, 4) is 0 Å². The standard InChI is InChI=1S/C41H32O11/c42-36(27-16-6-1-7-17-27)47-26-32-33(49-37(43)28-18-8-2-9-19-28)34(50-38(44)29-20-10-3-11-21-29)35(51-39(45)30-22-12-4-13-23-30)41(48-32)52-40(46)31-24-14-5-15-25-31/h1-25,32-35,41H,26H2/t32-,33-,34+,35-,41?/m1/s1. The van der Waals surface area contributed by atoms with E-state index in [9.17, 15) is 24.0 Å². The minimum atomic E-state index is -1.75. The molecule has 0 amide bonds. The third-order valence-electron chi connectivity index (χ3n) is 7.97. The summed E-state index contributed by atoms with van der Waals surface area (Å²) in [5.74, 6) is -4.19. The molecule has 0 N–H and O–H groups in total. The molecule has 5 atom stereocenters. The van der Waals surface area contributed by atoms with Crippen LogP contribution in [0.25, 0.3) is 0 Å². The molecule has 1 fully saturated rings. The maximum Gasteiger partial charge on any atom is 0.340 e. The van der Waals surface area contributed by atoms with Gasteiger partial charge in [-0.05, 0) is 60.7 Å². The van der Waals surface area contributed by atoms with Gasteiger partial charge in [0.1, 0.15) is 12.7 Å². The number of hydrogen-bond acceptors (Lipinski definition) is 11. The van der Waals surface area contributed by atoms with Crippen molar-refractivity contribution in [3.05, 3.63) is 179 Å². The van der Waals surface area contributed by atoms with E-state index in [2.05, 4.69) is 0 Å². The van der Waals surface area contributed by atoms with Gasteiger partial charge in [0.05, 0.1) is 27.8 Å². The molecule has 0 bridgehead atoms. The van der Waals surface area contributed by atoms with E-state index in [0.717, 1.165) is 0 Å². The highest BCUT2D eigenvalue weighted by Gasteiger charge is 2.54. The monoisotopic (exact) mass is 700 g/mol. The summed E-state index contributed by atoms with van der Waals surface area (Å²) in [7, 11) is 0. The van der Waals surface area contributed by atoms with Gasteiger partial charge in [0, 0.05) is 0 Å². The van der Waals surface area contributed by atoms with Crippen molar-refractivity contribution in [1.29, 1.82) is 0 Å². The van der Waals surface area contributed by atoms with Crippen molar-refractivity contribution in [2.45, 2.75) is 30.7 Å². The van der Waals surface area contributed by atoms with E-state index in [-0.39, 0.29) is 27.8 Å². The largest absolute Gasteiger partial charge is 0.459 e. The van der Waals surface area contributed by atoms with Crippen LogP contribution in [0.2, 0.25) is 0 Å². The number of esters is 5. The molecule has 0 spiro atoms. The number of carbonyl (C=O) groups excluding carboxylic acids is 5. The first kappa shape index (κ1) is 35.2. The summed E-state index contributed by atoms with van der Waals surface area (Å²) in [6, 6.07) is 40.0. The summed E-state index contributed by atoms with van der Waals surface area (Å²) in [4.78, 5) is 67.4. The quantitative estimate of drug-likeness (QED) is 0.117. The summed E-state index contributed by atoms with van der Waals surface area (Å²) in [5, 5.41) is 0. The van der Waals surface area contributed by atoms with Crippen LogP contribution in [0.15, 0.2) is 152 Å². The zero-order chi connectivity index (χ0) is 36.3. The van der Waals surface area contributed by atoms with Crippen molar-refractivity contribution in [1.82, 2.24) is 0 Å². The molecule has 262 valence electrons. The van der Waals surface area contributed by atoms with E-state index in [1.807, 2.05) is 0 Å². The second kappa shape index (κ2) is 16.9. The topological polar surface area (TPSA) is 141 Å². The van der Waals surface area contributed by atoms with Crippen LogP contribution in [-0.4, -0.2) is 67.2 Å². The summed E-state index contributed by atoms with van der Waals surface area (Å²) in [5.41, 5.74) is 0.762. The molecule has 0 aliphatic carbocycles. The normalized spacial score (nSPS) is 19.3. The Labute approximate surface area is 298 Å². The van der Waals surface area contributed by atoms with Crippen LogP contribution in [0.4, 0.5) is 0 Å². The molecule has 6 rings (SSSR count). The second-order valence-electron chi connectivity index (χ2n) is 11.5. The molecule has 11 nitrogen and oxygen atoms in total. The summed E-state index contributed by atoms with van der Waals surface area (Å²) < 4.78 is 35.5. The molecule has 1 aliphatic rings. The summed E-state index contributed by atoms with van der Waals surface area (Å²) in [6.45, 7) is -0.557. The van der Waals surface area contributed by atoms with Crippen LogP contribution >= 0.6 is 0 Å².